The number of nitrogens with zero attached hydrogens (tertiary/aromatic N) is 1. The van der Waals surface area contributed by atoms with Crippen LogP contribution in [-0.4, -0.2) is 22.1 Å². The van der Waals surface area contributed by atoms with Gasteiger partial charge in [-0.15, -0.1) is 0 Å². The average Bonchev–Trinajstić information content (AvgIpc) is 2.38. The van der Waals surface area contributed by atoms with Crippen LogP contribution >= 0.6 is 0 Å². The fourth-order valence-electron chi connectivity index (χ4n) is 2.51. The first-order chi connectivity index (χ1) is 8.96. The van der Waals surface area contributed by atoms with Gasteiger partial charge in [-0.1, -0.05) is 13.8 Å². The van der Waals surface area contributed by atoms with Crippen LogP contribution in [0.1, 0.15) is 55.6 Å². The van der Waals surface area contributed by atoms with Gasteiger partial charge in [-0.25, -0.2) is 4.79 Å². The number of carboxylic acids is 1. The van der Waals surface area contributed by atoms with Gasteiger partial charge in [0.15, 0.2) is 0 Å². The summed E-state index contributed by atoms with van der Waals surface area (Å²) in [4.78, 5) is 14.9. The lowest BCUT2D eigenvalue weighted by Crippen LogP contribution is -2.35. The molecule has 1 fully saturated rings. The lowest BCUT2D eigenvalue weighted by Gasteiger charge is -2.34. The molecule has 0 bridgehead atoms. The van der Waals surface area contributed by atoms with Crippen molar-refractivity contribution >= 4 is 5.97 Å². The molecule has 0 radical (unpaired) electrons. The second-order valence-electron chi connectivity index (χ2n) is 6.16. The van der Waals surface area contributed by atoms with Gasteiger partial charge in [-0.2, -0.15) is 0 Å². The van der Waals surface area contributed by atoms with Gasteiger partial charge in [0.2, 0.25) is 0 Å². The van der Waals surface area contributed by atoms with Crippen molar-refractivity contribution in [3.05, 3.63) is 29.6 Å². The van der Waals surface area contributed by atoms with Crippen molar-refractivity contribution in [2.75, 3.05) is 0 Å². The van der Waals surface area contributed by atoms with Gasteiger partial charge in [-0.05, 0) is 43.2 Å². The largest absolute Gasteiger partial charge is 0.478 e. The minimum Gasteiger partial charge on any atom is -0.478 e. The Bertz CT molecular complexity index is 430. The Morgan fingerprint density at radius 1 is 1.42 bits per heavy atom. The van der Waals surface area contributed by atoms with Crippen LogP contribution in [0, 0.1) is 5.41 Å². The summed E-state index contributed by atoms with van der Waals surface area (Å²) in [7, 11) is 0. The van der Waals surface area contributed by atoms with E-state index in [0.29, 0.717) is 18.0 Å². The topological polar surface area (TPSA) is 62.2 Å². The van der Waals surface area contributed by atoms with Crippen molar-refractivity contribution < 1.29 is 9.90 Å². The second-order valence-corrected chi connectivity index (χ2v) is 6.16. The van der Waals surface area contributed by atoms with E-state index in [1.54, 1.807) is 12.1 Å². The molecule has 4 nitrogen and oxygen atoms in total. The number of pyridine rings is 1. The summed E-state index contributed by atoms with van der Waals surface area (Å²) in [6.07, 6.45) is 6.36. The van der Waals surface area contributed by atoms with E-state index in [-0.39, 0.29) is 5.56 Å². The summed E-state index contributed by atoms with van der Waals surface area (Å²) >= 11 is 0. The molecule has 0 aliphatic heterocycles. The van der Waals surface area contributed by atoms with Crippen LogP contribution in [0.25, 0.3) is 0 Å². The molecule has 1 aromatic heterocycles. The van der Waals surface area contributed by atoms with Gasteiger partial charge < -0.3 is 10.4 Å². The van der Waals surface area contributed by atoms with E-state index in [4.69, 9.17) is 5.11 Å². The summed E-state index contributed by atoms with van der Waals surface area (Å²) in [6, 6.07) is 3.95. The van der Waals surface area contributed by atoms with E-state index in [1.165, 1.54) is 31.9 Å². The van der Waals surface area contributed by atoms with Crippen LogP contribution in [0.3, 0.4) is 0 Å². The Morgan fingerprint density at radius 2 is 2.11 bits per heavy atom. The molecule has 2 N–H and O–H groups in total. The van der Waals surface area contributed by atoms with Crippen LogP contribution in [0.2, 0.25) is 0 Å². The minimum atomic E-state index is -0.929. The molecule has 19 heavy (non-hydrogen) atoms. The third-order valence-electron chi connectivity index (χ3n) is 3.98. The third kappa shape index (κ3) is 4.03. The maximum absolute atomic E-state index is 10.7. The van der Waals surface area contributed by atoms with E-state index >= 15 is 0 Å². The van der Waals surface area contributed by atoms with Gasteiger partial charge in [-0.3, -0.25) is 4.98 Å². The van der Waals surface area contributed by atoms with Crippen LogP contribution in [0.15, 0.2) is 18.3 Å². The highest BCUT2D eigenvalue weighted by Gasteiger charge is 2.26. The van der Waals surface area contributed by atoms with Crippen molar-refractivity contribution in [2.45, 2.75) is 52.1 Å². The number of aromatic nitrogens is 1. The van der Waals surface area contributed by atoms with Crippen LogP contribution in [-0.2, 0) is 6.54 Å². The Labute approximate surface area is 114 Å². The molecule has 2 rings (SSSR count). The van der Waals surface area contributed by atoms with Gasteiger partial charge in [0.05, 0.1) is 11.3 Å². The number of rotatable bonds is 4. The van der Waals surface area contributed by atoms with Crippen molar-refractivity contribution in [2.24, 2.45) is 5.41 Å². The fraction of sp³-hybridized carbons (Fsp3) is 0.600. The molecule has 0 saturated heterocycles. The highest BCUT2D eigenvalue weighted by atomic mass is 16.4. The first kappa shape index (κ1) is 14.0. The quantitative estimate of drug-likeness (QED) is 0.876. The highest BCUT2D eigenvalue weighted by Crippen LogP contribution is 2.34. The summed E-state index contributed by atoms with van der Waals surface area (Å²) in [5.41, 5.74) is 1.62. The monoisotopic (exact) mass is 262 g/mol. The molecule has 1 aliphatic rings. The molecule has 0 atom stereocenters. The van der Waals surface area contributed by atoms with Crippen LogP contribution < -0.4 is 5.32 Å². The molecule has 104 valence electrons. The molecule has 0 unspecified atom stereocenters. The standard InChI is InChI=1S/C15H22N2O2/c1-15(2)7-5-12(6-8-15)17-10-13-4-3-11(9-16-13)14(18)19/h3-4,9,12,17H,5-8,10H2,1-2H3,(H,18,19). The maximum atomic E-state index is 10.7. The number of carbonyl (C=O) groups is 1. The zero-order chi connectivity index (χ0) is 13.9. The maximum Gasteiger partial charge on any atom is 0.337 e. The zero-order valence-corrected chi connectivity index (χ0v) is 11.6. The van der Waals surface area contributed by atoms with Gasteiger partial charge in [0.25, 0.3) is 0 Å². The number of nitrogens with one attached hydrogen (secondary N) is 1. The van der Waals surface area contributed by atoms with E-state index in [9.17, 15) is 4.79 Å². The molecule has 0 spiro atoms. The predicted octanol–water partition coefficient (Wildman–Crippen LogP) is 2.84. The number of hydrogen-bond donors (Lipinski definition) is 2. The zero-order valence-electron chi connectivity index (χ0n) is 11.6. The third-order valence-corrected chi connectivity index (χ3v) is 3.98. The van der Waals surface area contributed by atoms with Gasteiger partial charge in [0.1, 0.15) is 0 Å². The molecule has 4 heteroatoms. The Morgan fingerprint density at radius 3 is 2.63 bits per heavy atom. The molecule has 1 heterocycles. The highest BCUT2D eigenvalue weighted by molar-refractivity contribution is 5.87. The molecule has 0 amide bonds. The fourth-order valence-corrected chi connectivity index (χ4v) is 2.51. The number of aromatic carboxylic acids is 1. The number of carboxylic acid groups (broad SMARTS) is 1. The van der Waals surface area contributed by atoms with Crippen molar-refractivity contribution in [1.29, 1.82) is 0 Å². The number of hydrogen-bond acceptors (Lipinski definition) is 3. The minimum absolute atomic E-state index is 0.239. The van der Waals surface area contributed by atoms with Crippen LogP contribution in [0.4, 0.5) is 0 Å². The SMILES string of the molecule is CC1(C)CCC(NCc2ccc(C(=O)O)cn2)CC1. The van der Waals surface area contributed by atoms with Crippen molar-refractivity contribution in [3.8, 4) is 0 Å². The molecule has 1 saturated carbocycles. The van der Waals surface area contributed by atoms with E-state index in [0.717, 1.165) is 5.69 Å². The molecular weight excluding hydrogens is 240 g/mol. The lowest BCUT2D eigenvalue weighted by molar-refractivity contribution is 0.0696. The smallest absolute Gasteiger partial charge is 0.337 e. The lowest BCUT2D eigenvalue weighted by atomic mass is 9.75. The summed E-state index contributed by atoms with van der Waals surface area (Å²) in [5.74, 6) is -0.929. The summed E-state index contributed by atoms with van der Waals surface area (Å²) in [5, 5.41) is 12.3. The predicted molar refractivity (Wildman–Crippen MR) is 74.1 cm³/mol. The van der Waals surface area contributed by atoms with E-state index in [2.05, 4.69) is 24.1 Å². The molecular formula is C15H22N2O2. The Kier molecular flexibility index (Phi) is 4.20. The Hall–Kier alpha value is -1.42. The normalized spacial score (nSPS) is 19.3. The molecule has 0 aromatic carbocycles. The van der Waals surface area contributed by atoms with Gasteiger partial charge in [0, 0.05) is 18.8 Å². The van der Waals surface area contributed by atoms with E-state index in [1.807, 2.05) is 0 Å². The van der Waals surface area contributed by atoms with Gasteiger partial charge >= 0.3 is 5.97 Å². The molecule has 1 aromatic rings. The molecule has 1 aliphatic carbocycles. The summed E-state index contributed by atoms with van der Waals surface area (Å²) < 4.78 is 0. The first-order valence-corrected chi connectivity index (χ1v) is 6.88. The van der Waals surface area contributed by atoms with Crippen molar-refractivity contribution in [1.82, 2.24) is 10.3 Å². The van der Waals surface area contributed by atoms with Crippen molar-refractivity contribution in [3.63, 3.8) is 0 Å². The van der Waals surface area contributed by atoms with E-state index < -0.39 is 5.97 Å². The Balaban J connectivity index is 1.81. The first-order valence-electron chi connectivity index (χ1n) is 6.88. The summed E-state index contributed by atoms with van der Waals surface area (Å²) in [6.45, 7) is 5.37. The average molecular weight is 262 g/mol. The van der Waals surface area contributed by atoms with Crippen LogP contribution in [0.5, 0.6) is 0 Å². The second kappa shape index (κ2) is 5.70.